The molecule has 4 aliphatic carbocycles. The zero-order valence-corrected chi connectivity index (χ0v) is 15.8. The maximum absolute atomic E-state index is 13.5. The number of nitrogens with one attached hydrogen (secondary N) is 3. The van der Waals surface area contributed by atoms with E-state index in [9.17, 15) is 18.8 Å². The summed E-state index contributed by atoms with van der Waals surface area (Å²) in [5.74, 6) is 0.244. The third-order valence-corrected chi connectivity index (χ3v) is 6.58. The largest absolute Gasteiger partial charge is 0.347 e. The van der Waals surface area contributed by atoms with Gasteiger partial charge >= 0.3 is 0 Å². The molecule has 4 bridgehead atoms. The minimum absolute atomic E-state index is 0.113. The Morgan fingerprint density at radius 2 is 1.54 bits per heavy atom. The minimum Gasteiger partial charge on any atom is -0.347 e. The van der Waals surface area contributed by atoms with Crippen molar-refractivity contribution in [1.29, 1.82) is 0 Å². The summed E-state index contributed by atoms with van der Waals surface area (Å²) in [5, 5.41) is 2.66. The van der Waals surface area contributed by atoms with Crippen LogP contribution >= 0.6 is 0 Å². The molecule has 4 aliphatic rings. The van der Waals surface area contributed by atoms with Gasteiger partial charge in [0, 0.05) is 6.42 Å². The molecule has 3 N–H and O–H groups in total. The maximum atomic E-state index is 13.5. The molecule has 0 spiro atoms. The van der Waals surface area contributed by atoms with Crippen LogP contribution in [0.1, 0.15) is 55.3 Å². The Labute approximate surface area is 163 Å². The van der Waals surface area contributed by atoms with Crippen molar-refractivity contribution in [3.63, 3.8) is 0 Å². The van der Waals surface area contributed by atoms with Gasteiger partial charge in [-0.3, -0.25) is 25.2 Å². The highest BCUT2D eigenvalue weighted by atomic mass is 19.1. The topological polar surface area (TPSA) is 87.3 Å². The number of rotatable bonds is 5. The van der Waals surface area contributed by atoms with Crippen LogP contribution in [0.4, 0.5) is 4.39 Å². The predicted octanol–water partition coefficient (Wildman–Crippen LogP) is 2.31. The molecule has 0 unspecified atom stereocenters. The van der Waals surface area contributed by atoms with E-state index < -0.39 is 17.6 Å². The van der Waals surface area contributed by atoms with Crippen LogP contribution < -0.4 is 16.2 Å². The number of carbonyl (C=O) groups is 3. The van der Waals surface area contributed by atoms with E-state index in [1.54, 1.807) is 0 Å². The summed E-state index contributed by atoms with van der Waals surface area (Å²) < 4.78 is 13.5. The second-order valence-corrected chi connectivity index (χ2v) is 8.85. The van der Waals surface area contributed by atoms with Gasteiger partial charge in [0.1, 0.15) is 5.82 Å². The molecular weight excluding hydrogens is 361 g/mol. The van der Waals surface area contributed by atoms with E-state index in [0.29, 0.717) is 6.42 Å². The standard InChI is InChI=1S/C21H26FN3O3/c22-17-4-2-1-3-16(17)20(28)25-24-19(27)12-23-18(26)11-21-8-13-5-14(9-21)7-15(6-13)10-21/h1-4,13-15H,5-12H2,(H,23,26)(H,24,27)(H,25,28). The number of carbonyl (C=O) groups excluding carboxylic acids is 3. The average Bonchev–Trinajstić information content (AvgIpc) is 2.63. The lowest BCUT2D eigenvalue weighted by molar-refractivity contribution is -0.132. The third kappa shape index (κ3) is 4.03. The van der Waals surface area contributed by atoms with Gasteiger partial charge in [0.05, 0.1) is 12.1 Å². The molecule has 3 amide bonds. The van der Waals surface area contributed by atoms with E-state index in [4.69, 9.17) is 0 Å². The number of hydrogen-bond donors (Lipinski definition) is 3. The Balaban J connectivity index is 1.21. The quantitative estimate of drug-likeness (QED) is 0.678. The smallest absolute Gasteiger partial charge is 0.272 e. The van der Waals surface area contributed by atoms with Crippen LogP contribution in [-0.4, -0.2) is 24.3 Å². The lowest BCUT2D eigenvalue weighted by Crippen LogP contribution is -2.49. The SMILES string of the molecule is O=C(CC12CC3CC(CC(C3)C1)C2)NCC(=O)NNC(=O)c1ccccc1F. The van der Waals surface area contributed by atoms with E-state index in [2.05, 4.69) is 16.2 Å². The van der Waals surface area contributed by atoms with Crippen molar-refractivity contribution < 1.29 is 18.8 Å². The number of halogens is 1. The second-order valence-electron chi connectivity index (χ2n) is 8.85. The van der Waals surface area contributed by atoms with E-state index in [1.807, 2.05) is 0 Å². The Kier molecular flexibility index (Phi) is 5.08. The number of benzene rings is 1. The molecule has 7 heteroatoms. The first kappa shape index (κ1) is 18.9. The highest BCUT2D eigenvalue weighted by molar-refractivity contribution is 5.96. The number of hydrogen-bond acceptors (Lipinski definition) is 3. The number of amides is 3. The molecule has 5 rings (SSSR count). The molecule has 1 aromatic rings. The zero-order chi connectivity index (χ0) is 19.7. The lowest BCUT2D eigenvalue weighted by atomic mass is 9.49. The van der Waals surface area contributed by atoms with E-state index in [1.165, 1.54) is 43.5 Å². The summed E-state index contributed by atoms with van der Waals surface area (Å²) in [7, 11) is 0. The van der Waals surface area contributed by atoms with Gasteiger partial charge in [0.25, 0.3) is 11.8 Å². The van der Waals surface area contributed by atoms with Crippen molar-refractivity contribution >= 4 is 17.7 Å². The Bertz CT molecular complexity index is 760. The van der Waals surface area contributed by atoms with Crippen LogP contribution in [-0.2, 0) is 9.59 Å². The van der Waals surface area contributed by atoms with Crippen LogP contribution in [0, 0.1) is 29.0 Å². The van der Waals surface area contributed by atoms with Crippen molar-refractivity contribution in [3.8, 4) is 0 Å². The van der Waals surface area contributed by atoms with Crippen LogP contribution in [0.5, 0.6) is 0 Å². The van der Waals surface area contributed by atoms with Crippen molar-refractivity contribution in [2.75, 3.05) is 6.54 Å². The molecule has 6 nitrogen and oxygen atoms in total. The molecule has 0 saturated heterocycles. The first-order chi connectivity index (χ1) is 13.4. The van der Waals surface area contributed by atoms with Crippen LogP contribution in [0.3, 0.4) is 0 Å². The van der Waals surface area contributed by atoms with Crippen molar-refractivity contribution in [1.82, 2.24) is 16.2 Å². The molecule has 0 atom stereocenters. The third-order valence-electron chi connectivity index (χ3n) is 6.58. The normalized spacial score (nSPS) is 30.0. The van der Waals surface area contributed by atoms with E-state index >= 15 is 0 Å². The van der Waals surface area contributed by atoms with E-state index in [0.717, 1.165) is 37.0 Å². The first-order valence-corrected chi connectivity index (χ1v) is 10.0. The second kappa shape index (κ2) is 7.53. The van der Waals surface area contributed by atoms with Gasteiger partial charge in [-0.15, -0.1) is 0 Å². The highest BCUT2D eigenvalue weighted by Gasteiger charge is 2.51. The minimum atomic E-state index is -0.744. The van der Waals surface area contributed by atoms with Gasteiger partial charge in [-0.25, -0.2) is 4.39 Å². The van der Waals surface area contributed by atoms with Gasteiger partial charge in [-0.2, -0.15) is 0 Å². The average molecular weight is 387 g/mol. The molecule has 4 saturated carbocycles. The molecule has 28 heavy (non-hydrogen) atoms. The molecule has 150 valence electrons. The molecular formula is C21H26FN3O3. The predicted molar refractivity (Wildman–Crippen MR) is 100 cm³/mol. The molecule has 1 aromatic carbocycles. The van der Waals surface area contributed by atoms with Gasteiger partial charge in [-0.05, 0) is 73.8 Å². The highest BCUT2D eigenvalue weighted by Crippen LogP contribution is 2.61. The summed E-state index contributed by atoms with van der Waals surface area (Å²) in [6, 6.07) is 5.50. The summed E-state index contributed by atoms with van der Waals surface area (Å²) >= 11 is 0. The molecule has 0 aliphatic heterocycles. The Morgan fingerprint density at radius 3 is 2.14 bits per heavy atom. The van der Waals surface area contributed by atoms with Gasteiger partial charge in [-0.1, -0.05) is 12.1 Å². The Morgan fingerprint density at radius 1 is 0.929 bits per heavy atom. The summed E-state index contributed by atoms with van der Waals surface area (Å²) in [6.07, 6.45) is 7.86. The van der Waals surface area contributed by atoms with Gasteiger partial charge in [0.15, 0.2) is 0 Å². The van der Waals surface area contributed by atoms with Gasteiger partial charge in [0.2, 0.25) is 5.91 Å². The first-order valence-electron chi connectivity index (χ1n) is 10.0. The van der Waals surface area contributed by atoms with Crippen molar-refractivity contribution in [2.45, 2.75) is 44.9 Å². The lowest BCUT2D eigenvalue weighted by Gasteiger charge is -2.56. The summed E-state index contributed by atoms with van der Waals surface area (Å²) in [5.41, 5.74) is 4.32. The molecule has 0 aromatic heterocycles. The van der Waals surface area contributed by atoms with Crippen LogP contribution in [0.2, 0.25) is 0 Å². The molecule has 0 heterocycles. The van der Waals surface area contributed by atoms with Crippen LogP contribution in [0.25, 0.3) is 0 Å². The van der Waals surface area contributed by atoms with Gasteiger partial charge < -0.3 is 5.32 Å². The van der Waals surface area contributed by atoms with Crippen LogP contribution in [0.15, 0.2) is 24.3 Å². The number of hydrazine groups is 1. The monoisotopic (exact) mass is 387 g/mol. The van der Waals surface area contributed by atoms with Crippen molar-refractivity contribution in [2.24, 2.45) is 23.2 Å². The fourth-order valence-electron chi connectivity index (χ4n) is 5.97. The summed E-state index contributed by atoms with van der Waals surface area (Å²) in [4.78, 5) is 36.2. The Hall–Kier alpha value is -2.44. The molecule has 0 radical (unpaired) electrons. The molecule has 4 fully saturated rings. The maximum Gasteiger partial charge on any atom is 0.272 e. The fourth-order valence-corrected chi connectivity index (χ4v) is 5.97. The zero-order valence-electron chi connectivity index (χ0n) is 15.8. The fraction of sp³-hybridized carbons (Fsp3) is 0.571. The van der Waals surface area contributed by atoms with E-state index in [-0.39, 0.29) is 23.4 Å². The summed E-state index contributed by atoms with van der Waals surface area (Å²) in [6.45, 7) is -0.219. The van der Waals surface area contributed by atoms with Crippen molar-refractivity contribution in [3.05, 3.63) is 35.6 Å².